The first-order valence-corrected chi connectivity index (χ1v) is 8.87. The lowest BCUT2D eigenvalue weighted by molar-refractivity contribution is -0.180. The molecule has 3 aliphatic heterocycles. The predicted molar refractivity (Wildman–Crippen MR) is 89.6 cm³/mol. The van der Waals surface area contributed by atoms with Crippen molar-refractivity contribution >= 4 is 22.8 Å². The number of benzene rings is 1. The molecule has 0 unspecified atom stereocenters. The minimum Gasteiger partial charge on any atom is -0.459 e. The number of aliphatic hydroxyl groups excluding tert-OH is 1. The number of hydrogen-bond donors (Lipinski definition) is 2. The summed E-state index contributed by atoms with van der Waals surface area (Å²) in [7, 11) is 0. The number of nitrogens with one attached hydrogen (secondary N) is 1. The van der Waals surface area contributed by atoms with Gasteiger partial charge in [-0.3, -0.25) is 9.59 Å². The van der Waals surface area contributed by atoms with Crippen molar-refractivity contribution in [3.05, 3.63) is 35.5 Å². The second kappa shape index (κ2) is 5.33. The molecular weight excluding hydrogens is 320 g/mol. The summed E-state index contributed by atoms with van der Waals surface area (Å²) in [5, 5.41) is 10.8. The molecule has 2 aromatic rings. The number of piperidine rings is 1. The van der Waals surface area contributed by atoms with Gasteiger partial charge in [0, 0.05) is 29.6 Å². The summed E-state index contributed by atoms with van der Waals surface area (Å²) in [6.45, 7) is 0.377. The summed E-state index contributed by atoms with van der Waals surface area (Å²) in [5.41, 5.74) is 3.50. The molecule has 1 aromatic carbocycles. The Morgan fingerprint density at radius 3 is 2.96 bits per heavy atom. The van der Waals surface area contributed by atoms with E-state index in [0.29, 0.717) is 6.54 Å². The van der Waals surface area contributed by atoms with E-state index < -0.39 is 12.0 Å². The van der Waals surface area contributed by atoms with Gasteiger partial charge in [0.25, 0.3) is 0 Å². The number of carbonyl (C=O) groups excluding carboxylic acids is 2. The quantitative estimate of drug-likeness (QED) is 0.772. The molecular formula is C19H20N2O4. The van der Waals surface area contributed by atoms with Crippen LogP contribution in [-0.4, -0.2) is 46.1 Å². The summed E-state index contributed by atoms with van der Waals surface area (Å²) in [5.74, 6) is -0.777. The Labute approximate surface area is 144 Å². The molecule has 25 heavy (non-hydrogen) atoms. The van der Waals surface area contributed by atoms with Crippen LogP contribution in [0, 0.1) is 11.8 Å². The topological polar surface area (TPSA) is 82.6 Å². The van der Waals surface area contributed by atoms with Crippen LogP contribution in [0.1, 0.15) is 30.1 Å². The highest BCUT2D eigenvalue weighted by molar-refractivity contribution is 5.88. The van der Waals surface area contributed by atoms with E-state index >= 15 is 0 Å². The van der Waals surface area contributed by atoms with E-state index in [1.165, 1.54) is 10.9 Å². The minimum atomic E-state index is -0.705. The Morgan fingerprint density at radius 1 is 1.28 bits per heavy atom. The summed E-state index contributed by atoms with van der Waals surface area (Å²) < 4.78 is 5.23. The zero-order valence-corrected chi connectivity index (χ0v) is 13.8. The first kappa shape index (κ1) is 15.0. The number of fused-ring (bicyclic) bond motifs is 6. The van der Waals surface area contributed by atoms with Crippen LogP contribution in [0.5, 0.6) is 0 Å². The van der Waals surface area contributed by atoms with Gasteiger partial charge in [0.05, 0.1) is 18.6 Å². The highest BCUT2D eigenvalue weighted by Gasteiger charge is 2.51. The molecule has 5 rings (SSSR count). The van der Waals surface area contributed by atoms with Crippen LogP contribution < -0.4 is 0 Å². The molecule has 2 fully saturated rings. The number of carbonyl (C=O) groups is 2. The number of esters is 1. The van der Waals surface area contributed by atoms with E-state index in [1.54, 1.807) is 0 Å². The third-order valence-corrected chi connectivity index (χ3v) is 6.05. The number of ether oxygens (including phenoxy) is 1. The lowest BCUT2D eigenvalue weighted by Gasteiger charge is -2.48. The van der Waals surface area contributed by atoms with Gasteiger partial charge < -0.3 is 19.7 Å². The third-order valence-electron chi connectivity index (χ3n) is 6.05. The predicted octanol–water partition coefficient (Wildman–Crippen LogP) is 1.54. The molecule has 6 heteroatoms. The highest BCUT2D eigenvalue weighted by Crippen LogP contribution is 2.46. The van der Waals surface area contributed by atoms with E-state index in [9.17, 15) is 14.7 Å². The lowest BCUT2D eigenvalue weighted by Crippen LogP contribution is -2.57. The van der Waals surface area contributed by atoms with Crippen LogP contribution in [-0.2, 0) is 20.7 Å². The summed E-state index contributed by atoms with van der Waals surface area (Å²) in [6, 6.07) is 8.20. The SMILES string of the molecule is O=C1C[C@@H]2C[C@@H]3c4[nH]c5ccccc5c4CCN3C(=O)[C@H]2[C@@H](CO)O1. The third kappa shape index (κ3) is 2.07. The van der Waals surface area contributed by atoms with E-state index in [2.05, 4.69) is 17.1 Å². The maximum atomic E-state index is 13.1. The van der Waals surface area contributed by atoms with E-state index in [0.717, 1.165) is 24.1 Å². The van der Waals surface area contributed by atoms with Crippen molar-refractivity contribution in [1.82, 2.24) is 9.88 Å². The Kier molecular flexibility index (Phi) is 3.19. The molecule has 0 spiro atoms. The molecule has 0 bridgehead atoms. The standard InChI is InChI=1S/C19H20N2O4/c22-9-15-17-10(8-16(23)25-15)7-14-18-12(5-6-21(14)19(17)24)11-3-1-2-4-13(11)20-18/h1-4,10,14-15,17,20,22H,5-9H2/t10-,14+,15+,17+/m0/s1. The number of amides is 1. The van der Waals surface area contributed by atoms with Gasteiger partial charge in [0.2, 0.25) is 5.91 Å². The number of hydrogen-bond acceptors (Lipinski definition) is 4. The Morgan fingerprint density at radius 2 is 2.12 bits per heavy atom. The molecule has 2 N–H and O–H groups in total. The summed E-state index contributed by atoms with van der Waals surface area (Å²) in [4.78, 5) is 30.4. The van der Waals surface area contributed by atoms with Gasteiger partial charge in [-0.15, -0.1) is 0 Å². The van der Waals surface area contributed by atoms with Gasteiger partial charge in [0.1, 0.15) is 6.10 Å². The maximum absolute atomic E-state index is 13.1. The first-order chi connectivity index (χ1) is 12.2. The second-order valence-corrected chi connectivity index (χ2v) is 7.30. The number of aliphatic hydroxyl groups is 1. The first-order valence-electron chi connectivity index (χ1n) is 8.87. The fraction of sp³-hybridized carbons (Fsp3) is 0.474. The number of H-pyrrole nitrogens is 1. The molecule has 2 saturated heterocycles. The van der Waals surface area contributed by atoms with E-state index in [-0.39, 0.29) is 36.9 Å². The van der Waals surface area contributed by atoms with Gasteiger partial charge in [0.15, 0.2) is 0 Å². The molecule has 0 aliphatic carbocycles. The smallest absolute Gasteiger partial charge is 0.306 e. The van der Waals surface area contributed by atoms with Crippen LogP contribution in [0.25, 0.3) is 10.9 Å². The van der Waals surface area contributed by atoms with E-state index in [1.807, 2.05) is 17.0 Å². The minimum absolute atomic E-state index is 0.0112. The Bertz CT molecular complexity index is 873. The van der Waals surface area contributed by atoms with Crippen molar-refractivity contribution in [1.29, 1.82) is 0 Å². The van der Waals surface area contributed by atoms with Crippen molar-refractivity contribution in [2.45, 2.75) is 31.4 Å². The van der Waals surface area contributed by atoms with Crippen molar-refractivity contribution in [3.63, 3.8) is 0 Å². The van der Waals surface area contributed by atoms with Gasteiger partial charge in [-0.2, -0.15) is 0 Å². The Hall–Kier alpha value is -2.34. The average molecular weight is 340 g/mol. The molecule has 4 atom stereocenters. The number of para-hydroxylation sites is 1. The molecule has 6 nitrogen and oxygen atoms in total. The molecule has 130 valence electrons. The van der Waals surface area contributed by atoms with Crippen molar-refractivity contribution < 1.29 is 19.4 Å². The fourth-order valence-corrected chi connectivity index (χ4v) is 4.98. The van der Waals surface area contributed by atoms with Crippen LogP contribution in [0.4, 0.5) is 0 Å². The van der Waals surface area contributed by atoms with Crippen LogP contribution >= 0.6 is 0 Å². The highest BCUT2D eigenvalue weighted by atomic mass is 16.6. The number of cyclic esters (lactones) is 1. The van der Waals surface area contributed by atoms with Crippen molar-refractivity contribution in [2.24, 2.45) is 11.8 Å². The second-order valence-electron chi connectivity index (χ2n) is 7.30. The van der Waals surface area contributed by atoms with Crippen molar-refractivity contribution in [3.8, 4) is 0 Å². The molecule has 0 radical (unpaired) electrons. The van der Waals surface area contributed by atoms with E-state index in [4.69, 9.17) is 4.74 Å². The lowest BCUT2D eigenvalue weighted by atomic mass is 9.73. The largest absolute Gasteiger partial charge is 0.459 e. The van der Waals surface area contributed by atoms with Crippen LogP contribution in [0.3, 0.4) is 0 Å². The van der Waals surface area contributed by atoms with Crippen LogP contribution in [0.15, 0.2) is 24.3 Å². The van der Waals surface area contributed by atoms with Gasteiger partial charge in [-0.25, -0.2) is 0 Å². The molecule has 3 aliphatic rings. The maximum Gasteiger partial charge on any atom is 0.306 e. The normalized spacial score (nSPS) is 31.3. The summed E-state index contributed by atoms with van der Waals surface area (Å²) >= 11 is 0. The number of rotatable bonds is 1. The van der Waals surface area contributed by atoms with Gasteiger partial charge in [-0.05, 0) is 30.4 Å². The average Bonchev–Trinajstić information content (AvgIpc) is 3.00. The van der Waals surface area contributed by atoms with Crippen LogP contribution in [0.2, 0.25) is 0 Å². The Balaban J connectivity index is 1.57. The molecule has 1 aromatic heterocycles. The number of nitrogens with zero attached hydrogens (tertiary/aromatic N) is 1. The zero-order chi connectivity index (χ0) is 17.1. The fourth-order valence-electron chi connectivity index (χ4n) is 4.98. The van der Waals surface area contributed by atoms with Crippen molar-refractivity contribution in [2.75, 3.05) is 13.2 Å². The molecule has 0 saturated carbocycles. The monoisotopic (exact) mass is 340 g/mol. The zero-order valence-electron chi connectivity index (χ0n) is 13.8. The number of aromatic amines is 1. The molecule has 1 amide bonds. The molecule has 4 heterocycles. The summed E-state index contributed by atoms with van der Waals surface area (Å²) in [6.07, 6.45) is 1.11. The van der Waals surface area contributed by atoms with Gasteiger partial charge >= 0.3 is 5.97 Å². The van der Waals surface area contributed by atoms with Gasteiger partial charge in [-0.1, -0.05) is 18.2 Å². The number of aromatic nitrogens is 1.